The normalized spacial score (nSPS) is 10.3. The molecule has 4 nitrogen and oxygen atoms in total. The molecule has 1 amide bonds. The lowest BCUT2D eigenvalue weighted by molar-refractivity contribution is 0.100. The molecule has 1 aromatic carbocycles. The van der Waals surface area contributed by atoms with E-state index in [9.17, 15) is 4.79 Å². The average Bonchev–Trinajstić information content (AvgIpc) is 2.34. The van der Waals surface area contributed by atoms with Crippen molar-refractivity contribution in [2.75, 3.05) is 5.73 Å². The van der Waals surface area contributed by atoms with Crippen LogP contribution in [0.15, 0.2) is 50.9 Å². The van der Waals surface area contributed by atoms with Crippen LogP contribution < -0.4 is 11.5 Å². The van der Waals surface area contributed by atoms with E-state index in [1.807, 2.05) is 12.1 Å². The number of aromatic nitrogens is 1. The van der Waals surface area contributed by atoms with E-state index >= 15 is 0 Å². The van der Waals surface area contributed by atoms with E-state index in [4.69, 9.17) is 11.5 Å². The summed E-state index contributed by atoms with van der Waals surface area (Å²) in [7, 11) is 0. The number of pyridine rings is 1. The van der Waals surface area contributed by atoms with E-state index < -0.39 is 5.91 Å². The van der Waals surface area contributed by atoms with Gasteiger partial charge in [-0.2, -0.15) is 0 Å². The quantitative estimate of drug-likeness (QED) is 0.851. The van der Waals surface area contributed by atoms with Crippen molar-refractivity contribution in [2.24, 2.45) is 5.73 Å². The molecule has 2 aromatic rings. The highest BCUT2D eigenvalue weighted by Crippen LogP contribution is 2.31. The number of anilines is 1. The molecule has 0 aliphatic carbocycles. The fraction of sp³-hybridized carbons (Fsp3) is 0. The molecular formula is C12H10BrN3OS. The van der Waals surface area contributed by atoms with E-state index in [-0.39, 0.29) is 0 Å². The molecule has 2 rings (SSSR count). The van der Waals surface area contributed by atoms with E-state index in [1.54, 1.807) is 24.4 Å². The van der Waals surface area contributed by atoms with Crippen molar-refractivity contribution in [1.82, 2.24) is 4.98 Å². The van der Waals surface area contributed by atoms with Crippen molar-refractivity contribution in [2.45, 2.75) is 9.92 Å². The molecule has 0 aliphatic heterocycles. The molecule has 0 atom stereocenters. The van der Waals surface area contributed by atoms with Gasteiger partial charge < -0.3 is 11.5 Å². The third-order valence-corrected chi connectivity index (χ3v) is 3.72. The number of benzene rings is 1. The van der Waals surface area contributed by atoms with E-state index in [0.29, 0.717) is 11.3 Å². The largest absolute Gasteiger partial charge is 0.398 e. The van der Waals surface area contributed by atoms with Crippen molar-refractivity contribution in [3.05, 3.63) is 46.6 Å². The smallest absolute Gasteiger partial charge is 0.248 e. The van der Waals surface area contributed by atoms with Gasteiger partial charge in [-0.1, -0.05) is 11.8 Å². The van der Waals surface area contributed by atoms with Gasteiger partial charge in [0.25, 0.3) is 0 Å². The number of primary amides is 1. The molecule has 0 aliphatic rings. The minimum absolute atomic E-state index is 0.403. The summed E-state index contributed by atoms with van der Waals surface area (Å²) in [6.07, 6.45) is 1.72. The Labute approximate surface area is 117 Å². The molecule has 4 N–H and O–H groups in total. The summed E-state index contributed by atoms with van der Waals surface area (Å²) in [5.41, 5.74) is 12.0. The first-order chi connectivity index (χ1) is 8.56. The van der Waals surface area contributed by atoms with Gasteiger partial charge in [-0.3, -0.25) is 4.79 Å². The van der Waals surface area contributed by atoms with Crippen LogP contribution in [0.5, 0.6) is 0 Å². The van der Waals surface area contributed by atoms with Gasteiger partial charge in [0.2, 0.25) is 5.91 Å². The number of halogens is 1. The molecule has 92 valence electrons. The van der Waals surface area contributed by atoms with Gasteiger partial charge in [0.1, 0.15) is 5.03 Å². The second kappa shape index (κ2) is 5.41. The minimum atomic E-state index is -0.486. The maximum atomic E-state index is 11.0. The summed E-state index contributed by atoms with van der Waals surface area (Å²) in [6, 6.07) is 8.78. The zero-order valence-corrected chi connectivity index (χ0v) is 11.7. The lowest BCUT2D eigenvalue weighted by Crippen LogP contribution is -2.11. The van der Waals surface area contributed by atoms with E-state index in [2.05, 4.69) is 20.9 Å². The molecule has 0 bridgehead atoms. The second-order valence-electron chi connectivity index (χ2n) is 3.53. The van der Waals surface area contributed by atoms with Gasteiger partial charge in [0.05, 0.1) is 0 Å². The first-order valence-corrected chi connectivity index (χ1v) is 6.66. The summed E-state index contributed by atoms with van der Waals surface area (Å²) in [5.74, 6) is -0.486. The highest BCUT2D eigenvalue weighted by atomic mass is 79.9. The maximum Gasteiger partial charge on any atom is 0.248 e. The van der Waals surface area contributed by atoms with Gasteiger partial charge >= 0.3 is 0 Å². The number of carbonyl (C=O) groups excluding carboxylic acids is 1. The molecule has 0 fully saturated rings. The minimum Gasteiger partial charge on any atom is -0.398 e. The van der Waals surface area contributed by atoms with Crippen molar-refractivity contribution in [3.8, 4) is 0 Å². The maximum absolute atomic E-state index is 11.0. The molecule has 0 spiro atoms. The fourth-order valence-corrected chi connectivity index (χ4v) is 2.34. The molecular weight excluding hydrogens is 314 g/mol. The number of nitrogens with two attached hydrogens (primary N) is 2. The summed E-state index contributed by atoms with van der Waals surface area (Å²) < 4.78 is 0.920. The van der Waals surface area contributed by atoms with Crippen molar-refractivity contribution < 1.29 is 4.79 Å². The Hall–Kier alpha value is -1.53. The third-order valence-electron chi connectivity index (χ3n) is 2.21. The second-order valence-corrected chi connectivity index (χ2v) is 5.51. The van der Waals surface area contributed by atoms with Crippen LogP contribution in [0.3, 0.4) is 0 Å². The van der Waals surface area contributed by atoms with Crippen LogP contribution in [0, 0.1) is 0 Å². The summed E-state index contributed by atoms with van der Waals surface area (Å²) in [5, 5.41) is 0.830. The summed E-state index contributed by atoms with van der Waals surface area (Å²) in [6.45, 7) is 0. The van der Waals surface area contributed by atoms with Crippen LogP contribution in [0.2, 0.25) is 0 Å². The number of nitrogen functional groups attached to an aromatic ring is 1. The number of carbonyl (C=O) groups is 1. The fourth-order valence-electron chi connectivity index (χ4n) is 1.33. The highest BCUT2D eigenvalue weighted by molar-refractivity contribution is 9.10. The predicted octanol–water partition coefficient (Wildman–Crippen LogP) is 2.68. The van der Waals surface area contributed by atoms with Crippen LogP contribution >= 0.6 is 27.7 Å². The average molecular weight is 324 g/mol. The zero-order valence-electron chi connectivity index (χ0n) is 9.26. The number of amides is 1. The number of hydrogen-bond donors (Lipinski definition) is 2. The zero-order chi connectivity index (χ0) is 13.1. The molecule has 1 heterocycles. The van der Waals surface area contributed by atoms with E-state index in [0.717, 1.165) is 14.4 Å². The lowest BCUT2D eigenvalue weighted by atomic mass is 10.2. The van der Waals surface area contributed by atoms with Crippen LogP contribution in [-0.2, 0) is 0 Å². The third kappa shape index (κ3) is 3.02. The predicted molar refractivity (Wildman–Crippen MR) is 75.4 cm³/mol. The molecule has 6 heteroatoms. The number of rotatable bonds is 3. The molecule has 18 heavy (non-hydrogen) atoms. The molecule has 0 radical (unpaired) electrons. The Kier molecular flexibility index (Phi) is 3.88. The molecule has 0 unspecified atom stereocenters. The van der Waals surface area contributed by atoms with Crippen molar-refractivity contribution >= 4 is 39.3 Å². The van der Waals surface area contributed by atoms with Crippen LogP contribution in [0.4, 0.5) is 5.69 Å². The Balaban J connectivity index is 2.24. The Bertz CT molecular complexity index is 586. The van der Waals surface area contributed by atoms with Crippen LogP contribution in [-0.4, -0.2) is 10.9 Å². The Morgan fingerprint density at radius 3 is 2.61 bits per heavy atom. The first-order valence-electron chi connectivity index (χ1n) is 5.05. The monoisotopic (exact) mass is 323 g/mol. The Morgan fingerprint density at radius 2 is 2.06 bits per heavy atom. The summed E-state index contributed by atoms with van der Waals surface area (Å²) >= 11 is 4.76. The first kappa shape index (κ1) is 12.9. The molecule has 0 saturated heterocycles. The Morgan fingerprint density at radius 1 is 1.28 bits per heavy atom. The van der Waals surface area contributed by atoms with Crippen molar-refractivity contribution in [1.29, 1.82) is 0 Å². The summed E-state index contributed by atoms with van der Waals surface area (Å²) in [4.78, 5) is 16.1. The number of hydrogen-bond acceptors (Lipinski definition) is 4. The van der Waals surface area contributed by atoms with Gasteiger partial charge in [0, 0.05) is 26.8 Å². The van der Waals surface area contributed by atoms with Crippen LogP contribution in [0.1, 0.15) is 10.4 Å². The number of nitrogens with zero attached hydrogens (tertiary/aromatic N) is 1. The molecule has 1 aromatic heterocycles. The highest BCUT2D eigenvalue weighted by Gasteiger charge is 2.06. The van der Waals surface area contributed by atoms with Gasteiger partial charge in [-0.05, 0) is 46.3 Å². The molecule has 0 saturated carbocycles. The SMILES string of the molecule is NC(=O)c1ccc(Sc2ccc(Br)cn2)c(N)c1. The van der Waals surface area contributed by atoms with Gasteiger partial charge in [-0.25, -0.2) is 4.98 Å². The van der Waals surface area contributed by atoms with Gasteiger partial charge in [-0.15, -0.1) is 0 Å². The van der Waals surface area contributed by atoms with Gasteiger partial charge in [0.15, 0.2) is 0 Å². The standard InChI is InChI=1S/C12H10BrN3OS/c13-8-2-4-11(16-6-8)18-10-3-1-7(12(15)17)5-9(10)14/h1-6H,14H2,(H2,15,17). The lowest BCUT2D eigenvalue weighted by Gasteiger charge is -2.06. The van der Waals surface area contributed by atoms with Crippen molar-refractivity contribution in [3.63, 3.8) is 0 Å². The van der Waals surface area contributed by atoms with Crippen LogP contribution in [0.25, 0.3) is 0 Å². The topological polar surface area (TPSA) is 82.0 Å². The van der Waals surface area contributed by atoms with E-state index in [1.165, 1.54) is 11.8 Å².